The first-order valence-electron chi connectivity index (χ1n) is 49.1. The van der Waals surface area contributed by atoms with Gasteiger partial charge in [0.1, 0.15) is 0 Å². The smallest absolute Gasteiger partial charge is 0.0524 e. The number of allylic oxidation sites excluding steroid dienone is 6. The second-order valence-electron chi connectivity index (χ2n) is 39.7. The molecule has 3 saturated carbocycles. The molecule has 702 valence electrons. The predicted octanol–water partition coefficient (Wildman–Crippen LogP) is 39.7. The van der Waals surface area contributed by atoms with E-state index < -0.39 is 83.4 Å². The molecule has 2 spiro atoms. The van der Waals surface area contributed by atoms with Gasteiger partial charge in [-0.1, -0.05) is 329 Å². The maximum Gasteiger partial charge on any atom is -0.0524 e. The van der Waals surface area contributed by atoms with Gasteiger partial charge in [-0.05, 0) is 74.8 Å². The van der Waals surface area contributed by atoms with Crippen molar-refractivity contribution in [1.29, 1.82) is 0 Å². The average Bonchev–Trinajstić information content (AvgIpc) is 1.44. The molecule has 2 atom stereocenters. The number of hydrogen-bond donors (Lipinski definition) is 0. The van der Waals surface area contributed by atoms with E-state index in [0.717, 1.165) is 32.3 Å². The summed E-state index contributed by atoms with van der Waals surface area (Å²) in [6.45, 7) is 20.9. The molecular formula is C125H124Cl8OZr4. The van der Waals surface area contributed by atoms with E-state index in [-0.39, 0.29) is 38.1 Å². The fraction of sp³-hybridized carbons (Fsp3) is 0.280. The van der Waals surface area contributed by atoms with Crippen molar-refractivity contribution < 1.29 is 88.1 Å². The summed E-state index contributed by atoms with van der Waals surface area (Å²) >= 11 is -3.30. The van der Waals surface area contributed by atoms with Crippen molar-refractivity contribution in [2.45, 2.75) is 204 Å². The molecule has 0 amide bonds. The van der Waals surface area contributed by atoms with E-state index in [1.54, 1.807) is 16.7 Å². The number of ether oxygens (including phenoxy) is 1. The summed E-state index contributed by atoms with van der Waals surface area (Å²) in [7, 11) is 39.5. The quantitative estimate of drug-likeness (QED) is 0.0445. The third-order valence-corrected chi connectivity index (χ3v) is 30.6. The van der Waals surface area contributed by atoms with Crippen LogP contribution in [0.15, 0.2) is 364 Å². The summed E-state index contributed by atoms with van der Waals surface area (Å²) in [5.74, 6) is 0. The Bertz CT molecular complexity index is 6840. The summed E-state index contributed by atoms with van der Waals surface area (Å²) in [4.78, 5) is 0. The molecule has 13 heteroatoms. The van der Waals surface area contributed by atoms with Gasteiger partial charge in [-0.15, -0.1) is 246 Å². The maximum absolute atomic E-state index is 5.82. The van der Waals surface area contributed by atoms with Crippen LogP contribution in [0.1, 0.15) is 219 Å². The van der Waals surface area contributed by atoms with Gasteiger partial charge in [-0.25, -0.2) is 18.2 Å². The number of fused-ring (bicyclic) bond motifs is 14. The zero-order valence-corrected chi connectivity index (χ0v) is 96.4. The van der Waals surface area contributed by atoms with E-state index in [2.05, 4.69) is 407 Å². The van der Waals surface area contributed by atoms with Gasteiger partial charge in [-0.2, -0.15) is 59.2 Å². The molecule has 0 aliphatic heterocycles. The van der Waals surface area contributed by atoms with Crippen LogP contribution < -0.4 is 0 Å². The third kappa shape index (κ3) is 23.1. The van der Waals surface area contributed by atoms with Crippen molar-refractivity contribution in [2.24, 2.45) is 10.8 Å². The zero-order valence-electron chi connectivity index (χ0n) is 80.6. The molecule has 0 heterocycles. The minimum atomic E-state index is -0.826. The monoisotopic (exact) mass is 2280 g/mol. The number of rotatable bonds is 19. The van der Waals surface area contributed by atoms with Crippen LogP contribution in [-0.2, 0) is 129 Å². The average molecular weight is 2290 g/mol. The Kier molecular flexibility index (Phi) is 38.4. The first-order valence-corrected chi connectivity index (χ1v) is 74.4. The largest absolute Gasteiger partial charge is 0.213 e. The standard InChI is InChI=1S/C28H38O.C28H28.C25H20.C24H22.C20H16.8ClH.4Zr/c1-25(2,3)29-19-11-7-6-8-12-22-15-17-27(20-22)21-28(26(27,4)5)18-16-23-13-9-10-14-24(23)28;1-2-3-11-21-16-17-22(20-21)28(18-9-4-10-19-28)27-25-14-7-5-12-23(25)24-13-6-8-15-26(24)27;1-25(2,23-16-15-17-9-3-4-10-18(17)23)24-21-13-7-5-11-19(21)20-12-6-8-14-22(20)24;1-8-16-24(17-9-1,18-10-2-3-11-18)23-21-14-6-4-12-19(21)20-13-5-7-15-22(20)23;1-3-7-19-15(5-1)9-11-17(19)13-14-18-12-10-16-6-2-4-8-20(16)18;;;;;;;;;;;;/h9-10,13-18,20H,6-8,11-12,19,21H2,1-5H3;2,5-8,12-17,20H,1,3-4,9-11,18-19H2;3-16H,1-2H3;2-7,10-15H,1,8-9,16-17H2;1-12H,13-14H2;8*1H;;;;/q;4*-2;;;;;;;;;4*+4/p-8. The van der Waals surface area contributed by atoms with Gasteiger partial charge in [0.05, 0.1) is 5.60 Å². The first-order chi connectivity index (χ1) is 67.2. The number of aryl methyl sites for hydroxylation is 3. The molecule has 23 rings (SSSR count). The minimum absolute atomic E-state index is 0.00424. The molecule has 1 nitrogen and oxygen atoms in total. The Morgan fingerprint density at radius 1 is 0.384 bits per heavy atom. The third-order valence-electron chi connectivity index (χ3n) is 30.6. The van der Waals surface area contributed by atoms with Crippen molar-refractivity contribution in [1.82, 2.24) is 0 Å². The second kappa shape index (κ2) is 49.8. The fourth-order valence-corrected chi connectivity index (χ4v) is 24.1. The molecule has 0 radical (unpaired) electrons. The summed E-state index contributed by atoms with van der Waals surface area (Å²) in [5, 5.41) is 25.2. The molecule has 0 N–H and O–H groups in total. The van der Waals surface area contributed by atoms with E-state index in [0.29, 0.717) is 0 Å². The summed E-state index contributed by atoms with van der Waals surface area (Å²) in [6.07, 6.45) is 39.4. The molecule has 2 unspecified atom stereocenters. The van der Waals surface area contributed by atoms with Crippen LogP contribution >= 0.6 is 68.1 Å². The van der Waals surface area contributed by atoms with Crippen LogP contribution in [-0.4, -0.2) is 12.2 Å². The topological polar surface area (TPSA) is 9.23 Å². The fourth-order valence-electron chi connectivity index (χ4n) is 24.1. The number of unbranched alkanes of at least 4 members (excludes halogenated alkanes) is 3. The molecule has 0 bridgehead atoms. The minimum Gasteiger partial charge on any atom is -0.213 e. The molecule has 18 aromatic rings. The van der Waals surface area contributed by atoms with Crippen molar-refractivity contribution in [3.63, 3.8) is 0 Å². The molecule has 0 aromatic heterocycles. The predicted molar refractivity (Wildman–Crippen MR) is 590 cm³/mol. The number of halogens is 8. The number of hydrogen-bond acceptors (Lipinski definition) is 1. The Morgan fingerprint density at radius 3 is 1.25 bits per heavy atom. The van der Waals surface area contributed by atoms with E-state index in [4.69, 9.17) is 72.8 Å². The Hall–Kier alpha value is -5.89. The van der Waals surface area contributed by atoms with Crippen molar-refractivity contribution in [3.05, 3.63) is 425 Å². The first kappa shape index (κ1) is 106. The molecule has 5 aliphatic carbocycles. The van der Waals surface area contributed by atoms with Crippen LogP contribution in [0.5, 0.6) is 0 Å². The molecule has 0 saturated heterocycles. The Morgan fingerprint density at radius 2 is 0.783 bits per heavy atom. The summed E-state index contributed by atoms with van der Waals surface area (Å²) < 4.78 is 5.82. The van der Waals surface area contributed by atoms with Gasteiger partial charge >= 0.3 is 151 Å². The summed E-state index contributed by atoms with van der Waals surface area (Å²) in [6, 6.07) is 119. The second-order valence-corrected chi connectivity index (χ2v) is 54.7. The van der Waals surface area contributed by atoms with Crippen molar-refractivity contribution in [2.75, 3.05) is 6.61 Å². The normalized spacial score (nSPS) is 16.6. The van der Waals surface area contributed by atoms with E-state index in [1.807, 2.05) is 6.08 Å². The zero-order chi connectivity index (χ0) is 96.9. The van der Waals surface area contributed by atoms with Crippen LogP contribution in [0.2, 0.25) is 0 Å². The molecule has 3 fully saturated rings. The van der Waals surface area contributed by atoms with Crippen LogP contribution in [0.4, 0.5) is 0 Å². The number of benzene rings is 10. The Labute approximate surface area is 895 Å². The SMILES string of the molecule is C=CCCc1cc[c-](C2([c-]3c4ccccc4c4ccccc43)CCCCC2)c1.CC(C)(C)OCCCCCCC1=CC2(C=C1)CC1(C=Cc3ccccc31)C2(C)C.CC(C)([c-]1ccc2ccccc21)[c-]1c2ccccc2c2ccccc21.[Cl][Zr+2][Cl].[Cl][Zr+2][Cl].[Cl][Zr+2][Cl].[Cl][Zr+2][Cl].c1ccc2c(c1)c1ccccc1[c-]2C1([c-]2cccc2)CCCCC1.c1ccc2c(c1)cc[c-]2CC[c-]1ccc2ccccc21. The molecule has 18 aromatic carbocycles. The van der Waals surface area contributed by atoms with Crippen LogP contribution in [0.3, 0.4) is 0 Å². The van der Waals surface area contributed by atoms with E-state index >= 15 is 0 Å². The van der Waals surface area contributed by atoms with Crippen molar-refractivity contribution >= 4 is 171 Å². The Balaban J connectivity index is 0.000000127. The molecule has 5 aliphatic rings. The maximum atomic E-state index is 5.82. The van der Waals surface area contributed by atoms with Gasteiger partial charge in [0.15, 0.2) is 0 Å². The van der Waals surface area contributed by atoms with E-state index in [1.165, 1.54) is 250 Å². The van der Waals surface area contributed by atoms with Crippen LogP contribution in [0.25, 0.3) is 103 Å². The van der Waals surface area contributed by atoms with Gasteiger partial charge < -0.3 is 4.74 Å². The van der Waals surface area contributed by atoms with Gasteiger partial charge in [-0.3, -0.25) is 0 Å². The van der Waals surface area contributed by atoms with Crippen molar-refractivity contribution in [3.8, 4) is 0 Å². The van der Waals surface area contributed by atoms with Gasteiger partial charge in [0.2, 0.25) is 0 Å². The van der Waals surface area contributed by atoms with Gasteiger partial charge in [0, 0.05) is 17.4 Å². The molecular weight excluding hydrogens is 2170 g/mol. The van der Waals surface area contributed by atoms with Crippen LogP contribution in [0, 0.1) is 10.8 Å². The summed E-state index contributed by atoms with van der Waals surface area (Å²) in [5.41, 5.74) is 18.9. The molecule has 138 heavy (non-hydrogen) atoms. The van der Waals surface area contributed by atoms with E-state index in [9.17, 15) is 0 Å². The van der Waals surface area contributed by atoms with Gasteiger partial charge in [0.25, 0.3) is 0 Å².